The first-order valence-corrected chi connectivity index (χ1v) is 4.71. The van der Waals surface area contributed by atoms with Crippen LogP contribution >= 0.6 is 11.6 Å². The van der Waals surface area contributed by atoms with Gasteiger partial charge < -0.3 is 9.84 Å². The van der Waals surface area contributed by atoms with Crippen LogP contribution in [0.25, 0.3) is 6.08 Å². The van der Waals surface area contributed by atoms with E-state index in [-0.39, 0.29) is 10.6 Å². The fourth-order valence-electron chi connectivity index (χ4n) is 1.08. The van der Waals surface area contributed by atoms with Crippen LogP contribution in [0.3, 0.4) is 0 Å². The van der Waals surface area contributed by atoms with E-state index in [1.807, 2.05) is 0 Å². The van der Waals surface area contributed by atoms with Crippen LogP contribution in [0.5, 0.6) is 0 Å². The van der Waals surface area contributed by atoms with Crippen molar-refractivity contribution in [3.63, 3.8) is 0 Å². The fourth-order valence-corrected chi connectivity index (χ4v) is 1.34. The molecule has 1 N–H and O–H groups in total. The third kappa shape index (κ3) is 3.10. The Morgan fingerprint density at radius 2 is 2.12 bits per heavy atom. The Morgan fingerprint density at radius 1 is 1.44 bits per heavy atom. The van der Waals surface area contributed by atoms with Gasteiger partial charge in [0.25, 0.3) is 0 Å². The Morgan fingerprint density at radius 3 is 2.62 bits per heavy atom. The van der Waals surface area contributed by atoms with Gasteiger partial charge in [0.1, 0.15) is 0 Å². The van der Waals surface area contributed by atoms with E-state index in [1.165, 1.54) is 25.3 Å². The number of halogens is 1. The normalized spacial score (nSPS) is 10.4. The molecule has 0 unspecified atom stereocenters. The number of carboxylic acids is 1. The van der Waals surface area contributed by atoms with E-state index >= 15 is 0 Å². The molecule has 0 spiro atoms. The smallest absolute Gasteiger partial charge is 0.339 e. The van der Waals surface area contributed by atoms with E-state index < -0.39 is 11.9 Å². The summed E-state index contributed by atoms with van der Waals surface area (Å²) in [5, 5.41) is 8.65. The number of hydrogen-bond donors (Lipinski definition) is 1. The van der Waals surface area contributed by atoms with Crippen LogP contribution in [0, 0.1) is 0 Å². The van der Waals surface area contributed by atoms with Crippen molar-refractivity contribution in [1.29, 1.82) is 0 Å². The molecule has 0 aliphatic carbocycles. The molecule has 1 aromatic rings. The minimum atomic E-state index is -1.05. The molecular formula is C11H9ClO4. The standard InChI is InChI=1S/C11H9ClO4/c1-16-11(15)8-4-2-7(6-9(8)12)3-5-10(13)14/h2-6H,1H3,(H,13,14)/b5-3+. The number of methoxy groups -OCH3 is 1. The number of rotatable bonds is 3. The zero-order valence-corrected chi connectivity index (χ0v) is 9.19. The van der Waals surface area contributed by atoms with Crippen molar-refractivity contribution in [1.82, 2.24) is 0 Å². The van der Waals surface area contributed by atoms with Crippen molar-refractivity contribution in [2.24, 2.45) is 0 Å². The van der Waals surface area contributed by atoms with Crippen molar-refractivity contribution in [3.05, 3.63) is 40.4 Å². The molecule has 1 rings (SSSR count). The van der Waals surface area contributed by atoms with E-state index in [1.54, 1.807) is 6.07 Å². The first-order chi connectivity index (χ1) is 7.54. The fraction of sp³-hybridized carbons (Fsp3) is 0.0909. The van der Waals surface area contributed by atoms with E-state index in [0.717, 1.165) is 6.08 Å². The van der Waals surface area contributed by atoms with Gasteiger partial charge >= 0.3 is 11.9 Å². The summed E-state index contributed by atoms with van der Waals surface area (Å²) >= 11 is 5.84. The first-order valence-electron chi connectivity index (χ1n) is 4.33. The quantitative estimate of drug-likeness (QED) is 0.650. The summed E-state index contributed by atoms with van der Waals surface area (Å²) < 4.78 is 4.52. The Labute approximate surface area is 97.1 Å². The molecule has 0 fully saturated rings. The van der Waals surface area contributed by atoms with Crippen LogP contribution in [-0.2, 0) is 9.53 Å². The first kappa shape index (κ1) is 12.3. The van der Waals surface area contributed by atoms with Gasteiger partial charge in [-0.2, -0.15) is 0 Å². The Bertz CT molecular complexity index is 451. The number of esters is 1. The van der Waals surface area contributed by atoms with E-state index in [2.05, 4.69) is 4.74 Å². The van der Waals surface area contributed by atoms with Crippen molar-refractivity contribution in [3.8, 4) is 0 Å². The minimum absolute atomic E-state index is 0.222. The lowest BCUT2D eigenvalue weighted by Crippen LogP contribution is -2.01. The Kier molecular flexibility index (Phi) is 4.08. The van der Waals surface area contributed by atoms with Gasteiger partial charge in [-0.25, -0.2) is 9.59 Å². The highest BCUT2D eigenvalue weighted by atomic mass is 35.5. The summed E-state index contributed by atoms with van der Waals surface area (Å²) in [5.41, 5.74) is 0.844. The molecule has 0 saturated carbocycles. The molecule has 0 atom stereocenters. The summed E-state index contributed by atoms with van der Waals surface area (Å²) in [4.78, 5) is 21.5. The molecule has 0 aliphatic heterocycles. The zero-order chi connectivity index (χ0) is 12.1. The molecule has 0 heterocycles. The Hall–Kier alpha value is -1.81. The Balaban J connectivity index is 2.99. The number of ether oxygens (including phenoxy) is 1. The molecule has 1 aromatic carbocycles. The molecule has 4 nitrogen and oxygen atoms in total. The van der Waals surface area contributed by atoms with Gasteiger partial charge in [0, 0.05) is 6.08 Å². The molecule has 0 aromatic heterocycles. The maximum absolute atomic E-state index is 11.2. The molecule has 0 saturated heterocycles. The molecule has 5 heteroatoms. The summed E-state index contributed by atoms with van der Waals surface area (Å²) in [7, 11) is 1.26. The lowest BCUT2D eigenvalue weighted by molar-refractivity contribution is -0.131. The van der Waals surface area contributed by atoms with Crippen LogP contribution in [0.1, 0.15) is 15.9 Å². The van der Waals surface area contributed by atoms with Crippen molar-refractivity contribution >= 4 is 29.6 Å². The van der Waals surface area contributed by atoms with Crippen LogP contribution in [0.2, 0.25) is 5.02 Å². The summed E-state index contributed by atoms with van der Waals surface area (Å²) in [5.74, 6) is -1.58. The van der Waals surface area contributed by atoms with Gasteiger partial charge in [-0.05, 0) is 23.8 Å². The second kappa shape index (κ2) is 5.32. The maximum atomic E-state index is 11.2. The minimum Gasteiger partial charge on any atom is -0.478 e. The summed E-state index contributed by atoms with van der Waals surface area (Å²) in [6.45, 7) is 0. The number of hydrogen-bond acceptors (Lipinski definition) is 3. The molecule has 84 valence electrons. The SMILES string of the molecule is COC(=O)c1ccc(/C=C/C(=O)O)cc1Cl. The van der Waals surface area contributed by atoms with E-state index in [9.17, 15) is 9.59 Å². The molecule has 0 amide bonds. The highest BCUT2D eigenvalue weighted by Gasteiger charge is 2.09. The maximum Gasteiger partial charge on any atom is 0.339 e. The van der Waals surface area contributed by atoms with Crippen molar-refractivity contribution < 1.29 is 19.4 Å². The predicted molar refractivity (Wildman–Crippen MR) is 59.5 cm³/mol. The van der Waals surface area contributed by atoms with Gasteiger partial charge in [-0.15, -0.1) is 0 Å². The number of benzene rings is 1. The highest BCUT2D eigenvalue weighted by molar-refractivity contribution is 6.33. The second-order valence-corrected chi connectivity index (χ2v) is 3.31. The lowest BCUT2D eigenvalue weighted by Gasteiger charge is -2.02. The van der Waals surface area contributed by atoms with Gasteiger partial charge in [-0.3, -0.25) is 0 Å². The number of carbonyl (C=O) groups excluding carboxylic acids is 1. The predicted octanol–water partition coefficient (Wildman–Crippen LogP) is 2.22. The molecule has 0 bridgehead atoms. The number of carbonyl (C=O) groups is 2. The molecular weight excluding hydrogens is 232 g/mol. The third-order valence-corrected chi connectivity index (χ3v) is 2.13. The summed E-state index contributed by atoms with van der Waals surface area (Å²) in [6, 6.07) is 4.56. The second-order valence-electron chi connectivity index (χ2n) is 2.90. The summed E-state index contributed by atoms with van der Waals surface area (Å²) in [6.07, 6.45) is 2.37. The van der Waals surface area contributed by atoms with Crippen molar-refractivity contribution in [2.75, 3.05) is 7.11 Å². The van der Waals surface area contributed by atoms with Gasteiger partial charge in [-0.1, -0.05) is 17.7 Å². The number of carboxylic acid groups (broad SMARTS) is 1. The van der Waals surface area contributed by atoms with Crippen LogP contribution in [-0.4, -0.2) is 24.2 Å². The highest BCUT2D eigenvalue weighted by Crippen LogP contribution is 2.19. The van der Waals surface area contributed by atoms with E-state index in [0.29, 0.717) is 5.56 Å². The lowest BCUT2D eigenvalue weighted by atomic mass is 10.1. The van der Waals surface area contributed by atoms with E-state index in [4.69, 9.17) is 16.7 Å². The number of aliphatic carboxylic acids is 1. The van der Waals surface area contributed by atoms with Crippen LogP contribution < -0.4 is 0 Å². The molecule has 16 heavy (non-hydrogen) atoms. The van der Waals surface area contributed by atoms with Crippen molar-refractivity contribution in [2.45, 2.75) is 0 Å². The topological polar surface area (TPSA) is 63.6 Å². The molecule has 0 radical (unpaired) electrons. The average Bonchev–Trinajstić information content (AvgIpc) is 2.25. The average molecular weight is 241 g/mol. The van der Waals surface area contributed by atoms with Crippen LogP contribution in [0.15, 0.2) is 24.3 Å². The van der Waals surface area contributed by atoms with Gasteiger partial charge in [0.15, 0.2) is 0 Å². The van der Waals surface area contributed by atoms with Gasteiger partial charge in [0.2, 0.25) is 0 Å². The molecule has 0 aliphatic rings. The van der Waals surface area contributed by atoms with Crippen LogP contribution in [0.4, 0.5) is 0 Å². The third-order valence-electron chi connectivity index (χ3n) is 1.82. The largest absolute Gasteiger partial charge is 0.478 e. The zero-order valence-electron chi connectivity index (χ0n) is 8.44. The van der Waals surface area contributed by atoms with Gasteiger partial charge in [0.05, 0.1) is 17.7 Å². The monoisotopic (exact) mass is 240 g/mol.